The minimum atomic E-state index is -0.530. The fraction of sp³-hybridized carbons (Fsp3) is 0.500. The number of rotatable bonds is 6. The molecule has 0 radical (unpaired) electrons. The van der Waals surface area contributed by atoms with Gasteiger partial charge in [0.25, 0.3) is 5.91 Å². The van der Waals surface area contributed by atoms with E-state index in [-0.39, 0.29) is 11.9 Å². The Bertz CT molecular complexity index is 878. The highest BCUT2D eigenvalue weighted by atomic mass is 16.5. The summed E-state index contributed by atoms with van der Waals surface area (Å²) < 4.78 is 7.91. The Morgan fingerprint density at radius 3 is 2.75 bits per heavy atom. The van der Waals surface area contributed by atoms with Gasteiger partial charge in [0.15, 0.2) is 5.75 Å². The van der Waals surface area contributed by atoms with Crippen LogP contribution in [0.4, 0.5) is 10.5 Å². The molecule has 3 heterocycles. The number of ether oxygens (including phenoxy) is 1. The Labute approximate surface area is 164 Å². The lowest BCUT2D eigenvalue weighted by molar-refractivity contribution is -0.525. The Hall–Kier alpha value is -2.90. The van der Waals surface area contributed by atoms with Gasteiger partial charge in [-0.05, 0) is 25.0 Å². The van der Waals surface area contributed by atoms with Gasteiger partial charge in [0, 0.05) is 13.6 Å². The van der Waals surface area contributed by atoms with E-state index in [1.807, 2.05) is 35.8 Å². The minimum absolute atomic E-state index is 0.184. The fourth-order valence-electron chi connectivity index (χ4n) is 3.93. The average Bonchev–Trinajstić information content (AvgIpc) is 3.27. The van der Waals surface area contributed by atoms with Gasteiger partial charge in [-0.1, -0.05) is 31.0 Å². The number of fused-ring (bicyclic) bond motifs is 2. The van der Waals surface area contributed by atoms with Crippen LogP contribution in [-0.2, 0) is 4.79 Å². The van der Waals surface area contributed by atoms with Gasteiger partial charge >= 0.3 is 12.0 Å². The second-order valence-corrected chi connectivity index (χ2v) is 7.17. The zero-order valence-electron chi connectivity index (χ0n) is 16.6. The summed E-state index contributed by atoms with van der Waals surface area (Å²) in [7, 11) is 1.69. The summed E-state index contributed by atoms with van der Waals surface area (Å²) in [5, 5.41) is 0. The number of hydrogen-bond donors (Lipinski definition) is 0. The monoisotopic (exact) mass is 384 g/mol. The average molecular weight is 384 g/mol. The van der Waals surface area contributed by atoms with E-state index in [9.17, 15) is 9.59 Å². The summed E-state index contributed by atoms with van der Waals surface area (Å²) in [6, 6.07) is 7.04. The Morgan fingerprint density at radius 1 is 1.21 bits per heavy atom. The molecule has 1 fully saturated rings. The number of imide groups is 1. The molecular formula is C20H26N5O3+. The molecule has 0 saturated carbocycles. The van der Waals surface area contributed by atoms with Crippen molar-refractivity contribution < 1.29 is 18.9 Å². The van der Waals surface area contributed by atoms with E-state index in [4.69, 9.17) is 9.73 Å². The zero-order chi connectivity index (χ0) is 19.8. The van der Waals surface area contributed by atoms with E-state index in [1.54, 1.807) is 7.05 Å². The van der Waals surface area contributed by atoms with Crippen molar-refractivity contribution in [1.82, 2.24) is 9.80 Å². The maximum absolute atomic E-state index is 13.0. The highest BCUT2D eigenvalue weighted by Crippen LogP contribution is 2.32. The largest absolute Gasteiger partial charge is 0.490 e. The Balaban J connectivity index is 1.70. The number of nitrogens with zero attached hydrogens (tertiary/aromatic N) is 5. The van der Waals surface area contributed by atoms with Crippen molar-refractivity contribution >= 4 is 29.4 Å². The number of carbonyl (C=O) groups excluding carboxylic acids is 2. The molecule has 0 N–H and O–H groups in total. The van der Waals surface area contributed by atoms with E-state index in [0.717, 1.165) is 24.3 Å². The van der Waals surface area contributed by atoms with Crippen LogP contribution >= 0.6 is 0 Å². The topological polar surface area (TPSA) is 68.5 Å². The molecular weight excluding hydrogens is 358 g/mol. The van der Waals surface area contributed by atoms with Gasteiger partial charge in [0.2, 0.25) is 11.9 Å². The van der Waals surface area contributed by atoms with E-state index in [0.29, 0.717) is 38.0 Å². The maximum atomic E-state index is 13.0. The molecule has 3 amide bonds. The van der Waals surface area contributed by atoms with Crippen LogP contribution in [0.15, 0.2) is 29.3 Å². The molecule has 1 atom stereocenters. The van der Waals surface area contributed by atoms with Crippen LogP contribution in [0.2, 0.25) is 0 Å². The molecule has 3 aliphatic rings. The summed E-state index contributed by atoms with van der Waals surface area (Å²) in [6.45, 7) is 6.48. The van der Waals surface area contributed by atoms with Crippen LogP contribution < -0.4 is 9.64 Å². The summed E-state index contributed by atoms with van der Waals surface area (Å²) in [4.78, 5) is 35.3. The zero-order valence-corrected chi connectivity index (χ0v) is 16.6. The highest BCUT2D eigenvalue weighted by Gasteiger charge is 2.55. The molecule has 4 rings (SSSR count). The third-order valence-electron chi connectivity index (χ3n) is 5.26. The molecule has 0 aromatic heterocycles. The first-order valence-corrected chi connectivity index (χ1v) is 9.89. The van der Waals surface area contributed by atoms with Crippen molar-refractivity contribution in [2.45, 2.75) is 32.7 Å². The van der Waals surface area contributed by atoms with Crippen LogP contribution in [0.3, 0.4) is 0 Å². The summed E-state index contributed by atoms with van der Waals surface area (Å²) in [5.41, 5.74) is 0.934. The van der Waals surface area contributed by atoms with Crippen molar-refractivity contribution in [3.8, 4) is 5.75 Å². The van der Waals surface area contributed by atoms with E-state index in [2.05, 4.69) is 11.8 Å². The molecule has 0 bridgehead atoms. The lowest BCUT2D eigenvalue weighted by Crippen LogP contribution is -2.62. The number of anilines is 1. The second kappa shape index (κ2) is 7.26. The number of hydrogen-bond acceptors (Lipinski definition) is 5. The number of likely N-dealkylation sites (N-methyl/N-ethyl adjacent to an activating group) is 1. The molecule has 8 nitrogen and oxygen atoms in total. The molecule has 1 aromatic rings. The predicted octanol–water partition coefficient (Wildman–Crippen LogP) is 1.75. The molecule has 0 aliphatic carbocycles. The van der Waals surface area contributed by atoms with Gasteiger partial charge in [0.1, 0.15) is 12.2 Å². The smallest absolute Gasteiger partial charge is 0.397 e. The summed E-state index contributed by atoms with van der Waals surface area (Å²) in [6.07, 6.45) is 1.66. The first-order chi connectivity index (χ1) is 13.6. The van der Waals surface area contributed by atoms with E-state index < -0.39 is 6.04 Å². The van der Waals surface area contributed by atoms with Crippen molar-refractivity contribution in [3.63, 3.8) is 0 Å². The molecule has 0 spiro atoms. The number of aliphatic imine (C=N–C) groups is 1. The first kappa shape index (κ1) is 18.5. The third-order valence-corrected chi connectivity index (χ3v) is 5.26. The molecule has 148 valence electrons. The predicted molar refractivity (Wildman–Crippen MR) is 106 cm³/mol. The van der Waals surface area contributed by atoms with Gasteiger partial charge in [-0.15, -0.1) is 0 Å². The van der Waals surface area contributed by atoms with E-state index >= 15 is 0 Å². The van der Waals surface area contributed by atoms with Crippen LogP contribution in [0.5, 0.6) is 5.75 Å². The number of urea groups is 1. The number of guanidine groups is 1. The number of amidine groups is 1. The standard InChI is InChI=1S/C20H26N5O3/c1-4-10-25-18(26)16-17(22(3)20(25)27)21-19-23(11-12-24(16)19)14-8-6-7-9-15(14)28-13-5-2/h6-9,16H,4-5,10-13H2,1-3H3/q+1. The molecule has 1 aromatic carbocycles. The Kier molecular flexibility index (Phi) is 4.78. The van der Waals surface area contributed by atoms with Gasteiger partial charge in [0.05, 0.1) is 13.2 Å². The van der Waals surface area contributed by atoms with Crippen molar-refractivity contribution in [3.05, 3.63) is 24.3 Å². The summed E-state index contributed by atoms with van der Waals surface area (Å²) >= 11 is 0. The number of carbonyl (C=O) groups is 2. The lowest BCUT2D eigenvalue weighted by atomic mass is 10.1. The SMILES string of the molecule is CCCOc1ccccc1N1CC[N+]2=C1N=C1C2C(=O)N(CCC)C(=O)N1C. The number of benzene rings is 1. The quantitative estimate of drug-likeness (QED) is 0.701. The number of para-hydroxylation sites is 2. The number of amides is 3. The van der Waals surface area contributed by atoms with Gasteiger partial charge in [-0.3, -0.25) is 14.6 Å². The van der Waals surface area contributed by atoms with Crippen LogP contribution in [0, 0.1) is 0 Å². The first-order valence-electron chi connectivity index (χ1n) is 9.89. The van der Waals surface area contributed by atoms with E-state index in [1.165, 1.54) is 9.80 Å². The normalized spacial score (nSPS) is 21.3. The van der Waals surface area contributed by atoms with Gasteiger partial charge in [-0.2, -0.15) is 0 Å². The second-order valence-electron chi connectivity index (χ2n) is 7.17. The molecule has 1 unspecified atom stereocenters. The maximum Gasteiger partial charge on any atom is 0.397 e. The van der Waals surface area contributed by atoms with Gasteiger partial charge in [-0.25, -0.2) is 14.3 Å². The fourth-order valence-corrected chi connectivity index (χ4v) is 3.93. The summed E-state index contributed by atoms with van der Waals surface area (Å²) in [5.74, 6) is 1.83. The van der Waals surface area contributed by atoms with Crippen molar-refractivity contribution in [1.29, 1.82) is 0 Å². The van der Waals surface area contributed by atoms with Gasteiger partial charge < -0.3 is 4.74 Å². The lowest BCUT2D eigenvalue weighted by Gasteiger charge is -2.33. The molecule has 3 aliphatic heterocycles. The van der Waals surface area contributed by atoms with Crippen LogP contribution in [-0.4, -0.2) is 77.4 Å². The van der Waals surface area contributed by atoms with Crippen LogP contribution in [0.1, 0.15) is 26.7 Å². The van der Waals surface area contributed by atoms with Crippen molar-refractivity contribution in [2.24, 2.45) is 4.99 Å². The minimum Gasteiger partial charge on any atom is -0.490 e. The molecule has 8 heteroatoms. The molecule has 1 saturated heterocycles. The van der Waals surface area contributed by atoms with Crippen molar-refractivity contribution in [2.75, 3.05) is 38.2 Å². The van der Waals surface area contributed by atoms with Crippen LogP contribution in [0.25, 0.3) is 0 Å². The Morgan fingerprint density at radius 2 is 2.00 bits per heavy atom. The highest BCUT2D eigenvalue weighted by molar-refractivity contribution is 6.24. The third kappa shape index (κ3) is 2.75. The molecule has 28 heavy (non-hydrogen) atoms.